The average molecular weight is 312 g/mol. The highest BCUT2D eigenvalue weighted by Crippen LogP contribution is 2.11. The molecule has 0 aliphatic heterocycles. The predicted octanol–water partition coefficient (Wildman–Crippen LogP) is 1.79. The van der Waals surface area contributed by atoms with E-state index >= 15 is 0 Å². The maximum Gasteiger partial charge on any atom is 0.215 e. The topological polar surface area (TPSA) is 72.0 Å². The first-order valence-electron chi connectivity index (χ1n) is 6.01. The van der Waals surface area contributed by atoms with Crippen molar-refractivity contribution in [3.63, 3.8) is 0 Å². The van der Waals surface area contributed by atoms with Crippen molar-refractivity contribution >= 4 is 21.6 Å². The van der Waals surface area contributed by atoms with Crippen LogP contribution in [0, 0.1) is 0 Å². The first-order valence-corrected chi connectivity index (χ1v) is 8.04. The second-order valence-corrected chi connectivity index (χ2v) is 6.52. The summed E-state index contributed by atoms with van der Waals surface area (Å²) in [5, 5.41) is 0.586. The molecule has 0 radical (unpaired) electrons. The van der Waals surface area contributed by atoms with Gasteiger partial charge in [0, 0.05) is 24.0 Å². The molecule has 0 spiro atoms. The van der Waals surface area contributed by atoms with Gasteiger partial charge < -0.3 is 0 Å². The van der Waals surface area contributed by atoms with Crippen LogP contribution in [0.1, 0.15) is 11.1 Å². The third-order valence-electron chi connectivity index (χ3n) is 2.62. The largest absolute Gasteiger partial charge is 0.245 e. The first kappa shape index (κ1) is 14.9. The van der Waals surface area contributed by atoms with Crippen molar-refractivity contribution in [1.29, 1.82) is 0 Å². The van der Waals surface area contributed by atoms with Crippen LogP contribution in [-0.4, -0.2) is 24.9 Å². The zero-order valence-electron chi connectivity index (χ0n) is 10.7. The predicted molar refractivity (Wildman–Crippen MR) is 77.8 cm³/mol. The van der Waals surface area contributed by atoms with Crippen molar-refractivity contribution < 1.29 is 8.42 Å². The number of rotatable bonds is 6. The highest BCUT2D eigenvalue weighted by atomic mass is 35.5. The summed E-state index contributed by atoms with van der Waals surface area (Å²) >= 11 is 5.76. The Morgan fingerprint density at radius 1 is 1.05 bits per heavy atom. The van der Waals surface area contributed by atoms with Crippen LogP contribution in [0.3, 0.4) is 0 Å². The number of sulfonamides is 1. The summed E-state index contributed by atoms with van der Waals surface area (Å²) in [7, 11) is -3.35. The van der Waals surface area contributed by atoms with Gasteiger partial charge in [-0.15, -0.1) is 0 Å². The maximum absolute atomic E-state index is 11.9. The zero-order valence-corrected chi connectivity index (χ0v) is 12.2. The first-order chi connectivity index (χ1) is 9.55. The number of nitrogens with one attached hydrogen (secondary N) is 1. The van der Waals surface area contributed by atoms with Crippen molar-refractivity contribution in [2.45, 2.75) is 12.2 Å². The molecule has 1 heterocycles. The van der Waals surface area contributed by atoms with Gasteiger partial charge >= 0.3 is 0 Å². The van der Waals surface area contributed by atoms with Crippen molar-refractivity contribution in [3.8, 4) is 0 Å². The monoisotopic (exact) mass is 311 g/mol. The molecule has 0 aliphatic rings. The van der Waals surface area contributed by atoms with Gasteiger partial charge in [0.25, 0.3) is 0 Å². The van der Waals surface area contributed by atoms with E-state index in [1.54, 1.807) is 36.7 Å². The number of halogens is 1. The van der Waals surface area contributed by atoms with E-state index in [2.05, 4.69) is 14.7 Å². The molecule has 0 unspecified atom stereocenters. The minimum absolute atomic E-state index is 0.0601. The summed E-state index contributed by atoms with van der Waals surface area (Å²) in [5.41, 5.74) is 1.59. The van der Waals surface area contributed by atoms with Gasteiger partial charge in [-0.2, -0.15) is 0 Å². The Morgan fingerprint density at radius 2 is 1.70 bits per heavy atom. The molecule has 7 heteroatoms. The molecule has 0 amide bonds. The molecule has 1 N–H and O–H groups in total. The third kappa shape index (κ3) is 4.88. The lowest BCUT2D eigenvalue weighted by Crippen LogP contribution is -2.27. The number of benzene rings is 1. The lowest BCUT2D eigenvalue weighted by atomic mass is 10.2. The summed E-state index contributed by atoms with van der Waals surface area (Å²) in [6.07, 6.45) is 5.33. The fourth-order valence-corrected chi connectivity index (χ4v) is 2.93. The Bertz CT molecular complexity index is 645. The van der Waals surface area contributed by atoms with Crippen molar-refractivity contribution in [2.75, 3.05) is 6.54 Å². The molecule has 0 bridgehead atoms. The molecule has 0 saturated heterocycles. The Balaban J connectivity index is 1.86. The van der Waals surface area contributed by atoms with Gasteiger partial charge in [0.2, 0.25) is 10.0 Å². The van der Waals surface area contributed by atoms with Gasteiger partial charge in [-0.05, 0) is 29.7 Å². The molecule has 0 saturated carbocycles. The normalized spacial score (nSPS) is 11.4. The smallest absolute Gasteiger partial charge is 0.215 e. The number of nitrogens with zero attached hydrogens (tertiary/aromatic N) is 2. The zero-order chi connectivity index (χ0) is 14.4. The molecule has 1 aromatic carbocycles. The standard InChI is InChI=1S/C13H14ClN3O2S/c14-13-3-1-11(2-4-13)9-20(18,19)17-6-5-12-7-15-10-16-8-12/h1-4,7-8,10,17H,5-6,9H2. The van der Waals surface area contributed by atoms with E-state index in [0.717, 1.165) is 5.56 Å². The number of hydrogen-bond donors (Lipinski definition) is 1. The summed E-state index contributed by atoms with van der Waals surface area (Å²) in [6.45, 7) is 0.323. The van der Waals surface area contributed by atoms with Crippen LogP contribution < -0.4 is 4.72 Å². The van der Waals surface area contributed by atoms with E-state index < -0.39 is 10.0 Å². The van der Waals surface area contributed by atoms with Gasteiger partial charge in [0.1, 0.15) is 6.33 Å². The molecule has 106 valence electrons. The van der Waals surface area contributed by atoms with Crippen LogP contribution in [0.5, 0.6) is 0 Å². The highest BCUT2D eigenvalue weighted by molar-refractivity contribution is 7.88. The van der Waals surface area contributed by atoms with Gasteiger partial charge in [-0.25, -0.2) is 23.1 Å². The second-order valence-electron chi connectivity index (χ2n) is 4.28. The Kier molecular flexibility index (Phi) is 5.05. The number of aromatic nitrogens is 2. The fraction of sp³-hybridized carbons (Fsp3) is 0.231. The van der Waals surface area contributed by atoms with E-state index in [4.69, 9.17) is 11.6 Å². The van der Waals surface area contributed by atoms with E-state index in [1.807, 2.05) is 0 Å². The van der Waals surface area contributed by atoms with Gasteiger partial charge in [0.05, 0.1) is 5.75 Å². The molecule has 2 rings (SSSR count). The quantitative estimate of drug-likeness (QED) is 0.883. The SMILES string of the molecule is O=S(=O)(Cc1ccc(Cl)cc1)NCCc1cncnc1. The van der Waals surface area contributed by atoms with E-state index in [0.29, 0.717) is 23.6 Å². The van der Waals surface area contributed by atoms with Crippen LogP contribution in [0.25, 0.3) is 0 Å². The van der Waals surface area contributed by atoms with Gasteiger partial charge in [0.15, 0.2) is 0 Å². The molecule has 0 fully saturated rings. The molecular weight excluding hydrogens is 298 g/mol. The van der Waals surface area contributed by atoms with Crippen molar-refractivity contribution in [3.05, 3.63) is 59.1 Å². The van der Waals surface area contributed by atoms with Gasteiger partial charge in [-0.1, -0.05) is 23.7 Å². The molecule has 2 aromatic rings. The Morgan fingerprint density at radius 3 is 2.35 bits per heavy atom. The Hall–Kier alpha value is -1.50. The molecule has 1 aromatic heterocycles. The van der Waals surface area contributed by atoms with Gasteiger partial charge in [-0.3, -0.25) is 0 Å². The van der Waals surface area contributed by atoms with Crippen LogP contribution in [0.4, 0.5) is 0 Å². The van der Waals surface area contributed by atoms with Crippen molar-refractivity contribution in [2.24, 2.45) is 0 Å². The summed E-state index contributed by atoms with van der Waals surface area (Å²) in [5.74, 6) is -0.0601. The summed E-state index contributed by atoms with van der Waals surface area (Å²) in [4.78, 5) is 7.75. The van der Waals surface area contributed by atoms with Crippen LogP contribution in [0.15, 0.2) is 43.0 Å². The fourth-order valence-electron chi connectivity index (χ4n) is 1.66. The van der Waals surface area contributed by atoms with Crippen molar-refractivity contribution in [1.82, 2.24) is 14.7 Å². The van der Waals surface area contributed by atoms with Crippen LogP contribution >= 0.6 is 11.6 Å². The minimum atomic E-state index is -3.35. The lowest BCUT2D eigenvalue weighted by molar-refractivity contribution is 0.580. The molecule has 0 aliphatic carbocycles. The Labute approximate surface area is 123 Å². The van der Waals surface area contributed by atoms with E-state index in [-0.39, 0.29) is 5.75 Å². The second kappa shape index (κ2) is 6.78. The summed E-state index contributed by atoms with van der Waals surface area (Å²) in [6, 6.07) is 6.75. The molecule has 20 heavy (non-hydrogen) atoms. The maximum atomic E-state index is 11.9. The molecule has 0 atom stereocenters. The highest BCUT2D eigenvalue weighted by Gasteiger charge is 2.10. The van der Waals surface area contributed by atoms with Crippen LogP contribution in [-0.2, 0) is 22.2 Å². The van der Waals surface area contributed by atoms with Crippen LogP contribution in [0.2, 0.25) is 5.02 Å². The number of hydrogen-bond acceptors (Lipinski definition) is 4. The molecule has 5 nitrogen and oxygen atoms in total. The van der Waals surface area contributed by atoms with E-state index in [1.165, 1.54) is 6.33 Å². The van der Waals surface area contributed by atoms with E-state index in [9.17, 15) is 8.42 Å². The third-order valence-corrected chi connectivity index (χ3v) is 4.23. The lowest BCUT2D eigenvalue weighted by Gasteiger charge is -2.06. The summed E-state index contributed by atoms with van der Waals surface area (Å²) < 4.78 is 26.4. The minimum Gasteiger partial charge on any atom is -0.245 e. The molecular formula is C13H14ClN3O2S. The average Bonchev–Trinajstić information content (AvgIpc) is 2.42.